The van der Waals surface area contributed by atoms with Gasteiger partial charge >= 0.3 is 6.18 Å². The van der Waals surface area contributed by atoms with Crippen LogP contribution in [0.25, 0.3) is 11.4 Å². The first-order valence-electron chi connectivity index (χ1n) is 10.4. The van der Waals surface area contributed by atoms with Gasteiger partial charge < -0.3 is 10.4 Å². The quantitative estimate of drug-likeness (QED) is 0.560. The molecule has 0 radical (unpaired) electrons. The molecule has 2 aromatic carbocycles. The van der Waals surface area contributed by atoms with Crippen LogP contribution in [0.5, 0.6) is 0 Å². The van der Waals surface area contributed by atoms with Crippen LogP contribution < -0.4 is 10.9 Å². The highest BCUT2D eigenvalue weighted by Crippen LogP contribution is 2.30. The maximum atomic E-state index is 13.1. The lowest BCUT2D eigenvalue weighted by Crippen LogP contribution is -2.33. The number of aliphatic hydroxyl groups excluding tert-OH is 1. The van der Waals surface area contributed by atoms with E-state index in [0.29, 0.717) is 11.4 Å². The lowest BCUT2D eigenvalue weighted by molar-refractivity contribution is -0.137. The van der Waals surface area contributed by atoms with Gasteiger partial charge in [0.1, 0.15) is 12.4 Å². The van der Waals surface area contributed by atoms with Crippen molar-refractivity contribution in [2.24, 2.45) is 0 Å². The number of carbonyl (C=O) groups excluding carboxylic acids is 1. The van der Waals surface area contributed by atoms with Crippen molar-refractivity contribution >= 4 is 11.6 Å². The standard InChI is InChI=1S/C24H24F3N3O3/c1-3-16-4-10-19(11-5-16)29-21(32)14-30-22(28-15(2)20(12-13-31)23(30)33)17-6-8-18(9-7-17)24(25,26)27/h4-11,31H,3,12-14H2,1-2H3,(H,29,32). The first kappa shape index (κ1) is 24.2. The SMILES string of the molecule is CCc1ccc(NC(=O)Cn2c(-c3ccc(C(F)(F)F)cc3)nc(C)c(CCO)c2=O)cc1. The van der Waals surface area contributed by atoms with E-state index in [0.717, 1.165) is 28.7 Å². The van der Waals surface area contributed by atoms with Crippen LogP contribution in [0.3, 0.4) is 0 Å². The molecule has 3 aromatic rings. The summed E-state index contributed by atoms with van der Waals surface area (Å²) in [5, 5.41) is 12.0. The molecule has 0 aliphatic heterocycles. The van der Waals surface area contributed by atoms with E-state index in [-0.39, 0.29) is 30.0 Å². The Morgan fingerprint density at radius 2 is 1.73 bits per heavy atom. The van der Waals surface area contributed by atoms with Gasteiger partial charge in [-0.1, -0.05) is 31.2 Å². The molecule has 33 heavy (non-hydrogen) atoms. The molecule has 0 aliphatic rings. The van der Waals surface area contributed by atoms with Crippen LogP contribution in [0.15, 0.2) is 53.3 Å². The molecule has 1 aromatic heterocycles. The second-order valence-corrected chi connectivity index (χ2v) is 7.54. The van der Waals surface area contributed by atoms with Gasteiger partial charge in [-0.25, -0.2) is 4.98 Å². The Hall–Kier alpha value is -3.46. The topological polar surface area (TPSA) is 84.2 Å². The predicted molar refractivity (Wildman–Crippen MR) is 119 cm³/mol. The number of nitrogens with one attached hydrogen (secondary N) is 1. The average Bonchev–Trinajstić information content (AvgIpc) is 2.78. The lowest BCUT2D eigenvalue weighted by Gasteiger charge is -2.16. The van der Waals surface area contributed by atoms with Gasteiger partial charge in [0.15, 0.2) is 0 Å². The molecule has 0 saturated carbocycles. The Morgan fingerprint density at radius 1 is 1.09 bits per heavy atom. The number of nitrogens with zero attached hydrogens (tertiary/aromatic N) is 2. The highest BCUT2D eigenvalue weighted by Gasteiger charge is 2.30. The third-order valence-electron chi connectivity index (χ3n) is 5.25. The maximum absolute atomic E-state index is 13.1. The molecule has 174 valence electrons. The van der Waals surface area contributed by atoms with Gasteiger partial charge in [-0.2, -0.15) is 13.2 Å². The van der Waals surface area contributed by atoms with Crippen molar-refractivity contribution in [3.05, 3.63) is 81.3 Å². The summed E-state index contributed by atoms with van der Waals surface area (Å²) in [6.45, 7) is 2.92. The van der Waals surface area contributed by atoms with E-state index in [1.54, 1.807) is 19.1 Å². The molecule has 3 rings (SSSR count). The number of hydrogen-bond donors (Lipinski definition) is 2. The van der Waals surface area contributed by atoms with Gasteiger partial charge in [-0.05, 0) is 43.2 Å². The van der Waals surface area contributed by atoms with E-state index in [1.807, 2.05) is 19.1 Å². The molecule has 0 fully saturated rings. The number of anilines is 1. The van der Waals surface area contributed by atoms with Crippen LogP contribution in [0.1, 0.15) is 29.3 Å². The van der Waals surface area contributed by atoms with Crippen LogP contribution in [0.4, 0.5) is 18.9 Å². The third-order valence-corrected chi connectivity index (χ3v) is 5.25. The van der Waals surface area contributed by atoms with E-state index in [2.05, 4.69) is 10.3 Å². The highest BCUT2D eigenvalue weighted by atomic mass is 19.4. The zero-order valence-corrected chi connectivity index (χ0v) is 18.2. The van der Waals surface area contributed by atoms with Crippen molar-refractivity contribution in [3.63, 3.8) is 0 Å². The van der Waals surface area contributed by atoms with Crippen LogP contribution in [0, 0.1) is 6.92 Å². The highest BCUT2D eigenvalue weighted by molar-refractivity contribution is 5.90. The number of halogens is 3. The summed E-state index contributed by atoms with van der Waals surface area (Å²) in [5.74, 6) is -0.417. The van der Waals surface area contributed by atoms with Gasteiger partial charge in [0.25, 0.3) is 5.56 Å². The molecule has 9 heteroatoms. The minimum atomic E-state index is -4.50. The normalized spacial score (nSPS) is 11.5. The molecular weight excluding hydrogens is 435 g/mol. The van der Waals surface area contributed by atoms with E-state index in [1.165, 1.54) is 12.1 Å². The number of aromatic nitrogens is 2. The third kappa shape index (κ3) is 5.67. The summed E-state index contributed by atoms with van der Waals surface area (Å²) in [5.41, 5.74) is 1.15. The monoisotopic (exact) mass is 459 g/mol. The van der Waals surface area contributed by atoms with E-state index in [4.69, 9.17) is 0 Å². The van der Waals surface area contributed by atoms with Crippen molar-refractivity contribution in [2.45, 2.75) is 39.4 Å². The first-order valence-corrected chi connectivity index (χ1v) is 10.4. The second kappa shape index (κ2) is 9.99. The summed E-state index contributed by atoms with van der Waals surface area (Å²) < 4.78 is 40.0. The molecular formula is C24H24F3N3O3. The number of hydrogen-bond acceptors (Lipinski definition) is 4. The Balaban J connectivity index is 1.99. The van der Waals surface area contributed by atoms with Gasteiger partial charge in [-0.15, -0.1) is 0 Å². The van der Waals surface area contributed by atoms with Crippen LogP contribution in [-0.4, -0.2) is 27.2 Å². The maximum Gasteiger partial charge on any atom is 0.416 e. The van der Waals surface area contributed by atoms with Gasteiger partial charge in [0, 0.05) is 35.5 Å². The minimum Gasteiger partial charge on any atom is -0.396 e. The van der Waals surface area contributed by atoms with Crippen molar-refractivity contribution in [3.8, 4) is 11.4 Å². The number of aryl methyl sites for hydroxylation is 2. The second-order valence-electron chi connectivity index (χ2n) is 7.54. The molecule has 2 N–H and O–H groups in total. The largest absolute Gasteiger partial charge is 0.416 e. The van der Waals surface area contributed by atoms with E-state index in [9.17, 15) is 27.9 Å². The summed E-state index contributed by atoms with van der Waals surface area (Å²) >= 11 is 0. The number of aliphatic hydroxyl groups is 1. The van der Waals surface area contributed by atoms with E-state index < -0.39 is 29.8 Å². The zero-order chi connectivity index (χ0) is 24.2. The molecule has 0 spiro atoms. The number of amides is 1. The summed E-state index contributed by atoms with van der Waals surface area (Å²) in [6.07, 6.45) is -3.60. The van der Waals surface area contributed by atoms with Crippen molar-refractivity contribution in [1.82, 2.24) is 9.55 Å². The molecule has 0 saturated heterocycles. The van der Waals surface area contributed by atoms with Gasteiger partial charge in [0.2, 0.25) is 5.91 Å². The average molecular weight is 459 g/mol. The number of alkyl halides is 3. The zero-order valence-electron chi connectivity index (χ0n) is 18.2. The molecule has 0 atom stereocenters. The minimum absolute atomic E-state index is 0.0467. The van der Waals surface area contributed by atoms with Crippen LogP contribution in [0.2, 0.25) is 0 Å². The fraction of sp³-hybridized carbons (Fsp3) is 0.292. The fourth-order valence-corrected chi connectivity index (χ4v) is 3.44. The van der Waals surface area contributed by atoms with Gasteiger partial charge in [0.05, 0.1) is 5.56 Å². The smallest absolute Gasteiger partial charge is 0.396 e. The molecule has 1 amide bonds. The summed E-state index contributed by atoms with van der Waals surface area (Å²) in [7, 11) is 0. The molecule has 6 nitrogen and oxygen atoms in total. The van der Waals surface area contributed by atoms with E-state index >= 15 is 0 Å². The van der Waals surface area contributed by atoms with Crippen molar-refractivity contribution < 1.29 is 23.1 Å². The fourth-order valence-electron chi connectivity index (χ4n) is 3.44. The predicted octanol–water partition coefficient (Wildman–Crippen LogP) is 3.97. The number of benzene rings is 2. The Labute approximate surface area is 188 Å². The lowest BCUT2D eigenvalue weighted by atomic mass is 10.1. The van der Waals surface area contributed by atoms with Crippen LogP contribution >= 0.6 is 0 Å². The molecule has 0 unspecified atom stereocenters. The summed E-state index contributed by atoms with van der Waals surface area (Å²) in [6, 6.07) is 11.5. The number of rotatable bonds is 7. The van der Waals surface area contributed by atoms with Crippen LogP contribution in [-0.2, 0) is 30.4 Å². The Bertz CT molecular complexity index is 1190. The summed E-state index contributed by atoms with van der Waals surface area (Å²) in [4.78, 5) is 30.2. The first-order chi connectivity index (χ1) is 15.6. The Morgan fingerprint density at radius 3 is 2.27 bits per heavy atom. The number of carbonyl (C=O) groups is 1. The Kier molecular flexibility index (Phi) is 7.33. The van der Waals surface area contributed by atoms with Gasteiger partial charge in [-0.3, -0.25) is 14.2 Å². The van der Waals surface area contributed by atoms with Crippen molar-refractivity contribution in [1.29, 1.82) is 0 Å². The molecule has 1 heterocycles. The molecule has 0 bridgehead atoms. The van der Waals surface area contributed by atoms with Crippen molar-refractivity contribution in [2.75, 3.05) is 11.9 Å². The molecule has 0 aliphatic carbocycles.